The summed E-state index contributed by atoms with van der Waals surface area (Å²) in [7, 11) is 1.78. The monoisotopic (exact) mass is 478 g/mol. The third-order valence-electron chi connectivity index (χ3n) is 4.42. The number of guanidine groups is 1. The number of rotatable bonds is 7. The summed E-state index contributed by atoms with van der Waals surface area (Å²) in [5, 5.41) is 10.2. The second-order valence-corrected chi connectivity index (χ2v) is 6.35. The third-order valence-corrected chi connectivity index (χ3v) is 4.42. The fraction of sp³-hybridized carbons (Fsp3) is 0.706. The lowest BCUT2D eigenvalue weighted by atomic mass is 10.2. The minimum Gasteiger partial charge on any atom is -0.364 e. The predicted octanol–water partition coefficient (Wildman–Crippen LogP) is 1.29. The van der Waals surface area contributed by atoms with Crippen LogP contribution in [0.4, 0.5) is 0 Å². The number of aliphatic imine (C=N–C) groups is 1. The zero-order valence-corrected chi connectivity index (χ0v) is 18.2. The second-order valence-electron chi connectivity index (χ2n) is 6.35. The second kappa shape index (κ2) is 12.1. The summed E-state index contributed by atoms with van der Waals surface area (Å²) >= 11 is 0. The first-order valence-corrected chi connectivity index (χ1v) is 8.99. The summed E-state index contributed by atoms with van der Waals surface area (Å²) in [5.41, 5.74) is 0.961. The molecule has 1 aliphatic heterocycles. The van der Waals surface area contributed by atoms with Crippen LogP contribution in [0.2, 0.25) is 0 Å². The van der Waals surface area contributed by atoms with Crippen LogP contribution in [0.1, 0.15) is 32.4 Å². The molecule has 0 spiro atoms. The van der Waals surface area contributed by atoms with E-state index in [0.29, 0.717) is 13.0 Å². The van der Waals surface area contributed by atoms with Crippen LogP contribution in [0.5, 0.6) is 0 Å². The van der Waals surface area contributed by atoms with Gasteiger partial charge in [0.25, 0.3) is 0 Å². The standard InChI is InChI=1S/C17H30N6O2.HI/c1-4-14(2)20-16(24)5-7-19-17(18-3)23-10-8-22(9-11-23)13-15-6-12-25-21-15;/h6,12,14H,4-5,7-11,13H2,1-3H3,(H,18,19)(H,20,24);1H. The van der Waals surface area contributed by atoms with Crippen molar-refractivity contribution in [2.45, 2.75) is 39.3 Å². The number of halogens is 1. The first kappa shape index (κ1) is 22.7. The number of amides is 1. The normalized spacial score (nSPS) is 16.7. The zero-order valence-electron chi connectivity index (χ0n) is 15.9. The van der Waals surface area contributed by atoms with Gasteiger partial charge >= 0.3 is 0 Å². The third kappa shape index (κ3) is 7.48. The average molecular weight is 478 g/mol. The molecular formula is C17H31IN6O2. The maximum atomic E-state index is 11.8. The van der Waals surface area contributed by atoms with Crippen LogP contribution in [-0.2, 0) is 11.3 Å². The van der Waals surface area contributed by atoms with Gasteiger partial charge < -0.3 is 20.1 Å². The minimum absolute atomic E-state index is 0. The largest absolute Gasteiger partial charge is 0.364 e. The van der Waals surface area contributed by atoms with E-state index in [-0.39, 0.29) is 35.9 Å². The number of carbonyl (C=O) groups excluding carboxylic acids is 1. The highest BCUT2D eigenvalue weighted by Gasteiger charge is 2.20. The van der Waals surface area contributed by atoms with Gasteiger partial charge in [0.15, 0.2) is 5.96 Å². The van der Waals surface area contributed by atoms with Crippen molar-refractivity contribution in [3.05, 3.63) is 18.0 Å². The van der Waals surface area contributed by atoms with Crippen molar-refractivity contribution in [3.63, 3.8) is 0 Å². The van der Waals surface area contributed by atoms with Crippen LogP contribution in [-0.4, -0.2) is 72.6 Å². The summed E-state index contributed by atoms with van der Waals surface area (Å²) < 4.78 is 4.88. The van der Waals surface area contributed by atoms with Crippen LogP contribution in [0.25, 0.3) is 0 Å². The Morgan fingerprint density at radius 2 is 2.12 bits per heavy atom. The molecule has 1 unspecified atom stereocenters. The van der Waals surface area contributed by atoms with Crippen molar-refractivity contribution < 1.29 is 9.32 Å². The van der Waals surface area contributed by atoms with Crippen LogP contribution < -0.4 is 10.6 Å². The average Bonchev–Trinajstić information content (AvgIpc) is 3.12. The fourth-order valence-electron chi connectivity index (χ4n) is 2.74. The Bertz CT molecular complexity index is 543. The van der Waals surface area contributed by atoms with Crippen molar-refractivity contribution in [1.29, 1.82) is 0 Å². The van der Waals surface area contributed by atoms with Crippen LogP contribution in [0.3, 0.4) is 0 Å². The van der Waals surface area contributed by atoms with E-state index >= 15 is 0 Å². The maximum Gasteiger partial charge on any atom is 0.221 e. The summed E-state index contributed by atoms with van der Waals surface area (Å²) in [4.78, 5) is 20.7. The van der Waals surface area contributed by atoms with E-state index in [1.54, 1.807) is 13.3 Å². The van der Waals surface area contributed by atoms with Gasteiger partial charge in [0.1, 0.15) is 6.26 Å². The molecule has 1 fully saturated rings. The Morgan fingerprint density at radius 3 is 2.69 bits per heavy atom. The lowest BCUT2D eigenvalue weighted by Crippen LogP contribution is -2.52. The highest BCUT2D eigenvalue weighted by molar-refractivity contribution is 14.0. The molecule has 0 aromatic carbocycles. The molecule has 0 bridgehead atoms. The number of piperazine rings is 1. The summed E-state index contributed by atoms with van der Waals surface area (Å²) in [6, 6.07) is 2.13. The molecule has 1 aliphatic rings. The van der Waals surface area contributed by atoms with E-state index in [1.165, 1.54) is 0 Å². The summed E-state index contributed by atoms with van der Waals surface area (Å²) in [6.07, 6.45) is 3.00. The minimum atomic E-state index is 0. The van der Waals surface area contributed by atoms with Gasteiger partial charge in [-0.05, 0) is 13.3 Å². The lowest BCUT2D eigenvalue weighted by Gasteiger charge is -2.36. The molecule has 148 valence electrons. The molecule has 1 atom stereocenters. The molecule has 2 N–H and O–H groups in total. The molecule has 2 rings (SSSR count). The van der Waals surface area contributed by atoms with Gasteiger partial charge in [-0.1, -0.05) is 12.1 Å². The van der Waals surface area contributed by atoms with E-state index in [2.05, 4.69) is 37.5 Å². The van der Waals surface area contributed by atoms with Gasteiger partial charge in [0, 0.05) is 64.8 Å². The molecule has 1 aromatic rings. The highest BCUT2D eigenvalue weighted by atomic mass is 127. The van der Waals surface area contributed by atoms with Gasteiger partial charge in [0.2, 0.25) is 5.91 Å². The van der Waals surface area contributed by atoms with Crippen molar-refractivity contribution >= 4 is 35.8 Å². The Labute approximate surface area is 172 Å². The van der Waals surface area contributed by atoms with Crippen molar-refractivity contribution in [3.8, 4) is 0 Å². The first-order valence-electron chi connectivity index (χ1n) is 8.99. The molecule has 0 radical (unpaired) electrons. The molecule has 2 heterocycles. The predicted molar refractivity (Wildman–Crippen MR) is 113 cm³/mol. The molecule has 1 saturated heterocycles. The molecule has 26 heavy (non-hydrogen) atoms. The van der Waals surface area contributed by atoms with Crippen LogP contribution in [0, 0.1) is 0 Å². The zero-order chi connectivity index (χ0) is 18.1. The van der Waals surface area contributed by atoms with E-state index in [9.17, 15) is 4.79 Å². The first-order chi connectivity index (χ1) is 12.1. The number of hydrogen-bond donors (Lipinski definition) is 2. The Morgan fingerprint density at radius 1 is 1.38 bits per heavy atom. The van der Waals surface area contributed by atoms with Gasteiger partial charge in [0.05, 0.1) is 5.69 Å². The fourth-order valence-corrected chi connectivity index (χ4v) is 2.74. The molecule has 0 aliphatic carbocycles. The van der Waals surface area contributed by atoms with Gasteiger partial charge in [-0.15, -0.1) is 24.0 Å². The number of carbonyl (C=O) groups is 1. The van der Waals surface area contributed by atoms with Crippen LogP contribution in [0.15, 0.2) is 21.8 Å². The van der Waals surface area contributed by atoms with Crippen molar-refractivity contribution in [1.82, 2.24) is 25.6 Å². The van der Waals surface area contributed by atoms with E-state index in [4.69, 9.17) is 4.52 Å². The molecular weight excluding hydrogens is 447 g/mol. The molecule has 8 nitrogen and oxygen atoms in total. The number of nitrogens with zero attached hydrogens (tertiary/aromatic N) is 4. The molecule has 0 saturated carbocycles. The summed E-state index contributed by atoms with van der Waals surface area (Å²) in [5.74, 6) is 0.937. The van der Waals surface area contributed by atoms with E-state index < -0.39 is 0 Å². The Kier molecular flexibility index (Phi) is 10.6. The molecule has 1 amide bonds. The highest BCUT2D eigenvalue weighted by Crippen LogP contribution is 2.07. The molecule has 1 aromatic heterocycles. The van der Waals surface area contributed by atoms with Gasteiger partial charge in [-0.2, -0.15) is 0 Å². The smallest absolute Gasteiger partial charge is 0.221 e. The number of hydrogen-bond acceptors (Lipinski definition) is 5. The topological polar surface area (TPSA) is 86.0 Å². The maximum absolute atomic E-state index is 11.8. The van der Waals surface area contributed by atoms with Crippen molar-refractivity contribution in [2.24, 2.45) is 4.99 Å². The number of nitrogens with one attached hydrogen (secondary N) is 2. The molecule has 9 heteroatoms. The van der Waals surface area contributed by atoms with Crippen LogP contribution >= 0.6 is 24.0 Å². The lowest BCUT2D eigenvalue weighted by molar-refractivity contribution is -0.121. The quantitative estimate of drug-likeness (QED) is 0.349. The van der Waals surface area contributed by atoms with E-state index in [1.807, 2.05) is 13.0 Å². The van der Waals surface area contributed by atoms with Gasteiger partial charge in [-0.3, -0.25) is 14.7 Å². The summed E-state index contributed by atoms with van der Waals surface area (Å²) in [6.45, 7) is 9.17. The Balaban J connectivity index is 0.00000338. The number of aromatic nitrogens is 1. The SMILES string of the molecule is CCC(C)NC(=O)CCNC(=NC)N1CCN(Cc2ccon2)CC1.I. The van der Waals surface area contributed by atoms with E-state index in [0.717, 1.165) is 50.8 Å². The van der Waals surface area contributed by atoms with Gasteiger partial charge in [-0.25, -0.2) is 0 Å². The van der Waals surface area contributed by atoms with Crippen molar-refractivity contribution in [2.75, 3.05) is 39.8 Å². The Hall–Kier alpha value is -1.36.